The topological polar surface area (TPSA) is 115 Å². The molecule has 0 radical (unpaired) electrons. The highest BCUT2D eigenvalue weighted by Crippen LogP contribution is 2.30. The number of rotatable bonds is 9. The average molecular weight is 534 g/mol. The van der Waals surface area contributed by atoms with Crippen molar-refractivity contribution in [3.8, 4) is 0 Å². The van der Waals surface area contributed by atoms with E-state index in [1.807, 2.05) is 6.92 Å². The fraction of sp³-hybridized carbons (Fsp3) is 0.615. The Labute approximate surface area is 217 Å². The molecule has 4 atom stereocenters. The molecular weight excluding hydrogens is 497 g/mol. The van der Waals surface area contributed by atoms with E-state index >= 15 is 4.39 Å². The molecule has 3 aliphatic heterocycles. The molecule has 1 aromatic heterocycles. The lowest BCUT2D eigenvalue weighted by Crippen LogP contribution is -2.48. The minimum atomic E-state index is -3.83. The predicted molar refractivity (Wildman–Crippen MR) is 139 cm³/mol. The van der Waals surface area contributed by atoms with Gasteiger partial charge >= 0.3 is 0 Å². The molecule has 9 nitrogen and oxygen atoms in total. The van der Waals surface area contributed by atoms with Crippen molar-refractivity contribution in [1.29, 1.82) is 0 Å². The van der Waals surface area contributed by atoms with Crippen molar-refractivity contribution < 1.29 is 17.5 Å². The van der Waals surface area contributed by atoms with E-state index in [1.54, 1.807) is 30.5 Å². The van der Waals surface area contributed by atoms with Gasteiger partial charge in [0.2, 0.25) is 10.0 Å². The monoisotopic (exact) mass is 533 g/mol. The maximum absolute atomic E-state index is 15.5. The highest BCUT2D eigenvalue weighted by molar-refractivity contribution is 7.89. The van der Waals surface area contributed by atoms with Gasteiger partial charge in [-0.25, -0.2) is 17.5 Å². The maximum atomic E-state index is 15.5. The Morgan fingerprint density at radius 3 is 2.68 bits per heavy atom. The van der Waals surface area contributed by atoms with Crippen molar-refractivity contribution in [1.82, 2.24) is 19.4 Å². The molecule has 11 heteroatoms. The van der Waals surface area contributed by atoms with Gasteiger partial charge in [-0.1, -0.05) is 25.5 Å². The summed E-state index contributed by atoms with van der Waals surface area (Å²) >= 11 is 0. The smallest absolute Gasteiger partial charge is 0.272 e. The molecule has 0 bridgehead atoms. The third kappa shape index (κ3) is 5.74. The van der Waals surface area contributed by atoms with Gasteiger partial charge in [-0.15, -0.1) is 0 Å². The number of benzene rings is 1. The van der Waals surface area contributed by atoms with Crippen molar-refractivity contribution in [2.45, 2.75) is 62.2 Å². The first-order valence-corrected chi connectivity index (χ1v) is 14.7. The van der Waals surface area contributed by atoms with Crippen LogP contribution in [0.25, 0.3) is 0 Å². The summed E-state index contributed by atoms with van der Waals surface area (Å²) in [6.07, 6.45) is 3.68. The lowest BCUT2D eigenvalue weighted by Gasteiger charge is -2.34. The first-order chi connectivity index (χ1) is 17.9. The number of alkyl halides is 1. The quantitative estimate of drug-likeness (QED) is 0.476. The molecule has 2 aromatic rings. The van der Waals surface area contributed by atoms with Crippen LogP contribution in [0.15, 0.2) is 40.2 Å². The molecule has 1 aromatic carbocycles. The number of ether oxygens (including phenoxy) is 1. The number of nitrogens with zero attached hydrogens (tertiary/aromatic N) is 3. The number of piperidine rings is 1. The summed E-state index contributed by atoms with van der Waals surface area (Å²) in [5.41, 5.74) is 2.02. The fourth-order valence-electron chi connectivity index (χ4n) is 5.28. The Bertz CT molecular complexity index is 1240. The Balaban J connectivity index is 1.29. The zero-order valence-electron chi connectivity index (χ0n) is 21.2. The van der Waals surface area contributed by atoms with Crippen LogP contribution in [0.3, 0.4) is 0 Å². The van der Waals surface area contributed by atoms with Crippen molar-refractivity contribution >= 4 is 15.7 Å². The number of nitrogens with one attached hydrogen (secondary N) is 2. The first-order valence-electron chi connectivity index (χ1n) is 13.3. The van der Waals surface area contributed by atoms with E-state index in [1.165, 1.54) is 8.99 Å². The molecule has 3 saturated heterocycles. The molecule has 0 saturated carbocycles. The van der Waals surface area contributed by atoms with Gasteiger partial charge in [-0.3, -0.25) is 4.79 Å². The summed E-state index contributed by atoms with van der Waals surface area (Å²) in [6.45, 7) is 4.90. The molecule has 202 valence electrons. The van der Waals surface area contributed by atoms with Crippen LogP contribution in [-0.4, -0.2) is 68.1 Å². The lowest BCUT2D eigenvalue weighted by atomic mass is 10.0. The highest BCUT2D eigenvalue weighted by atomic mass is 32.2. The molecule has 2 N–H and O–H groups in total. The van der Waals surface area contributed by atoms with Crippen molar-refractivity contribution in [3.63, 3.8) is 0 Å². The first kappa shape index (κ1) is 26.3. The Hall–Kier alpha value is -2.34. The van der Waals surface area contributed by atoms with E-state index < -0.39 is 22.2 Å². The second-order valence-corrected chi connectivity index (χ2v) is 12.2. The zero-order valence-corrected chi connectivity index (χ0v) is 22.1. The van der Waals surface area contributed by atoms with E-state index in [2.05, 4.69) is 15.7 Å². The summed E-state index contributed by atoms with van der Waals surface area (Å²) in [5, 5.41) is 10.9. The molecule has 37 heavy (non-hydrogen) atoms. The SMILES string of the molecule is CCCc1c(NC[C@H]2CCCOC2)cnn([C@H]2CCN(S(=O)(=O)c3ccc(C4CN4)cc3)C[C@@H]2F)c1=O. The molecule has 0 amide bonds. The fourth-order valence-corrected chi connectivity index (χ4v) is 6.74. The van der Waals surface area contributed by atoms with Gasteiger partial charge < -0.3 is 15.4 Å². The molecule has 0 aliphatic carbocycles. The second kappa shape index (κ2) is 11.2. The number of aromatic nitrogens is 2. The highest BCUT2D eigenvalue weighted by Gasteiger charge is 2.38. The summed E-state index contributed by atoms with van der Waals surface area (Å²) in [6, 6.07) is 6.24. The van der Waals surface area contributed by atoms with Crippen LogP contribution < -0.4 is 16.2 Å². The Morgan fingerprint density at radius 2 is 2.03 bits per heavy atom. The summed E-state index contributed by atoms with van der Waals surface area (Å²) in [5.74, 6) is 0.383. The third-order valence-corrected chi connectivity index (χ3v) is 9.43. The van der Waals surface area contributed by atoms with Crippen molar-refractivity contribution in [2.75, 3.05) is 44.7 Å². The van der Waals surface area contributed by atoms with Crippen LogP contribution >= 0.6 is 0 Å². The Kier molecular flexibility index (Phi) is 7.94. The number of hydrogen-bond acceptors (Lipinski definition) is 7. The van der Waals surface area contributed by atoms with Crippen LogP contribution in [-0.2, 0) is 21.2 Å². The van der Waals surface area contributed by atoms with Gasteiger partial charge in [-0.05, 0) is 49.3 Å². The number of anilines is 1. The second-order valence-electron chi connectivity index (χ2n) is 10.3. The van der Waals surface area contributed by atoms with Crippen LogP contribution in [0.5, 0.6) is 0 Å². The van der Waals surface area contributed by atoms with Gasteiger partial charge in [0.05, 0.1) is 29.4 Å². The molecule has 0 spiro atoms. The normalized spacial score (nSPS) is 26.6. The Morgan fingerprint density at radius 1 is 1.24 bits per heavy atom. The van der Waals surface area contributed by atoms with E-state index in [4.69, 9.17) is 4.74 Å². The number of sulfonamides is 1. The summed E-state index contributed by atoms with van der Waals surface area (Å²) in [7, 11) is -3.83. The van der Waals surface area contributed by atoms with E-state index in [9.17, 15) is 13.2 Å². The van der Waals surface area contributed by atoms with Crippen LogP contribution in [0.1, 0.15) is 55.8 Å². The van der Waals surface area contributed by atoms with Gasteiger partial charge in [0.15, 0.2) is 0 Å². The van der Waals surface area contributed by atoms with Crippen LogP contribution in [0, 0.1) is 5.92 Å². The molecule has 3 fully saturated rings. The molecule has 5 rings (SSSR count). The average Bonchev–Trinajstić information content (AvgIpc) is 3.76. The van der Waals surface area contributed by atoms with Crippen molar-refractivity contribution in [3.05, 3.63) is 51.9 Å². The standard InChI is InChI=1S/C26H36FN5O4S/c1-2-4-21-24(28-13-18-5-3-12-36-17-18)15-30-32(26(21)33)25-10-11-31(16-22(25)27)37(34,35)20-8-6-19(7-9-20)23-14-29-23/h6-9,15,18,22-23,25,28-29H,2-5,10-14,16-17H2,1H3/t18-,22+,23?,25+/m1/s1. The lowest BCUT2D eigenvalue weighted by molar-refractivity contribution is 0.0595. The predicted octanol–water partition coefficient (Wildman–Crippen LogP) is 2.65. The summed E-state index contributed by atoms with van der Waals surface area (Å²) in [4.78, 5) is 13.6. The van der Waals surface area contributed by atoms with Gasteiger partial charge in [-0.2, -0.15) is 9.40 Å². The van der Waals surface area contributed by atoms with E-state index in [0.717, 1.165) is 38.0 Å². The van der Waals surface area contributed by atoms with Crippen LogP contribution in [0.4, 0.5) is 10.1 Å². The van der Waals surface area contributed by atoms with E-state index in [0.29, 0.717) is 36.7 Å². The number of hydrogen-bond donors (Lipinski definition) is 2. The maximum Gasteiger partial charge on any atom is 0.272 e. The molecule has 1 unspecified atom stereocenters. The van der Waals surface area contributed by atoms with E-state index in [-0.39, 0.29) is 36.0 Å². The molecule has 4 heterocycles. The third-order valence-electron chi connectivity index (χ3n) is 7.55. The summed E-state index contributed by atoms with van der Waals surface area (Å²) < 4.78 is 49.7. The van der Waals surface area contributed by atoms with Gasteiger partial charge in [0.1, 0.15) is 6.17 Å². The number of halogens is 1. The van der Waals surface area contributed by atoms with Crippen molar-refractivity contribution in [2.24, 2.45) is 5.92 Å². The molecular formula is C26H36FN5O4S. The minimum absolute atomic E-state index is 0.123. The largest absolute Gasteiger partial charge is 0.383 e. The van der Waals surface area contributed by atoms with Gasteiger partial charge in [0.25, 0.3) is 5.56 Å². The van der Waals surface area contributed by atoms with Gasteiger partial charge in [0, 0.05) is 44.4 Å². The zero-order chi connectivity index (χ0) is 26.0. The van der Waals surface area contributed by atoms with Crippen LogP contribution in [0.2, 0.25) is 0 Å². The minimum Gasteiger partial charge on any atom is -0.383 e. The molecule has 3 aliphatic rings.